The van der Waals surface area contributed by atoms with Crippen LogP contribution in [0.25, 0.3) is 0 Å². The molecule has 1 atom stereocenters. The highest BCUT2D eigenvalue weighted by Crippen LogP contribution is 2.22. The number of hydrogen-bond acceptors (Lipinski definition) is 5. The van der Waals surface area contributed by atoms with E-state index < -0.39 is 4.92 Å². The summed E-state index contributed by atoms with van der Waals surface area (Å²) in [5.41, 5.74) is 0. The zero-order valence-corrected chi connectivity index (χ0v) is 15.8. The standard InChI is InChI=1S/C18H29N5O3/c1-14-5-8-20(9-6-14)10-16-4-3-7-21(11-16)18(24)13-22-12-17(23(25)26)19-15(22)2/h12,14,16H,3-11,13H2,1-2H3/t16-/m0/s1. The fourth-order valence-corrected chi connectivity index (χ4v) is 4.04. The number of amides is 1. The summed E-state index contributed by atoms with van der Waals surface area (Å²) < 4.78 is 1.58. The monoisotopic (exact) mass is 363 g/mol. The van der Waals surface area contributed by atoms with E-state index in [0.717, 1.165) is 32.0 Å². The molecule has 8 heteroatoms. The molecule has 0 saturated carbocycles. The molecule has 8 nitrogen and oxygen atoms in total. The highest BCUT2D eigenvalue weighted by Gasteiger charge is 2.27. The predicted molar refractivity (Wildman–Crippen MR) is 97.8 cm³/mol. The van der Waals surface area contributed by atoms with Crippen LogP contribution in [-0.2, 0) is 11.3 Å². The number of carbonyl (C=O) groups excluding carboxylic acids is 1. The van der Waals surface area contributed by atoms with Gasteiger partial charge in [-0.05, 0) is 60.5 Å². The van der Waals surface area contributed by atoms with Gasteiger partial charge in [-0.25, -0.2) is 0 Å². The third-order valence-corrected chi connectivity index (χ3v) is 5.72. The highest BCUT2D eigenvalue weighted by atomic mass is 16.6. The molecule has 2 aliphatic heterocycles. The van der Waals surface area contributed by atoms with Crippen molar-refractivity contribution in [2.45, 2.75) is 46.1 Å². The van der Waals surface area contributed by atoms with E-state index in [4.69, 9.17) is 0 Å². The second-order valence-corrected chi connectivity index (χ2v) is 7.86. The van der Waals surface area contributed by atoms with Gasteiger partial charge in [0.2, 0.25) is 11.7 Å². The number of aromatic nitrogens is 2. The number of likely N-dealkylation sites (tertiary alicyclic amines) is 2. The number of nitro groups is 1. The summed E-state index contributed by atoms with van der Waals surface area (Å²) in [7, 11) is 0. The van der Waals surface area contributed by atoms with Crippen LogP contribution < -0.4 is 0 Å². The van der Waals surface area contributed by atoms with Crippen LogP contribution in [0, 0.1) is 28.9 Å². The van der Waals surface area contributed by atoms with Crippen molar-refractivity contribution in [3.05, 3.63) is 22.1 Å². The van der Waals surface area contributed by atoms with Gasteiger partial charge in [0.05, 0.1) is 0 Å². The predicted octanol–water partition coefficient (Wildman–Crippen LogP) is 2.07. The Balaban J connectivity index is 1.53. The minimum atomic E-state index is -0.523. The maximum absolute atomic E-state index is 12.7. The average molecular weight is 363 g/mol. The van der Waals surface area contributed by atoms with Crippen molar-refractivity contribution in [3.8, 4) is 0 Å². The van der Waals surface area contributed by atoms with Crippen molar-refractivity contribution in [1.29, 1.82) is 0 Å². The van der Waals surface area contributed by atoms with Crippen molar-refractivity contribution in [2.75, 3.05) is 32.7 Å². The Bertz CT molecular complexity index is 651. The van der Waals surface area contributed by atoms with Gasteiger partial charge < -0.3 is 19.9 Å². The van der Waals surface area contributed by atoms with Crippen molar-refractivity contribution in [3.63, 3.8) is 0 Å². The van der Waals surface area contributed by atoms with E-state index in [1.165, 1.54) is 38.5 Å². The molecule has 1 aromatic heterocycles. The van der Waals surface area contributed by atoms with Crippen molar-refractivity contribution in [1.82, 2.24) is 19.4 Å². The summed E-state index contributed by atoms with van der Waals surface area (Å²) in [5.74, 6) is 1.68. The van der Waals surface area contributed by atoms with Gasteiger partial charge in [0.25, 0.3) is 0 Å². The van der Waals surface area contributed by atoms with Gasteiger partial charge in [-0.15, -0.1) is 0 Å². The van der Waals surface area contributed by atoms with Gasteiger partial charge in [0.1, 0.15) is 12.7 Å². The Morgan fingerprint density at radius 2 is 2.04 bits per heavy atom. The molecule has 0 bridgehead atoms. The number of rotatable bonds is 5. The van der Waals surface area contributed by atoms with Gasteiger partial charge in [-0.1, -0.05) is 6.92 Å². The Labute approximate surface area is 154 Å². The van der Waals surface area contributed by atoms with Gasteiger partial charge in [-0.2, -0.15) is 0 Å². The lowest BCUT2D eigenvalue weighted by Gasteiger charge is -2.38. The van der Waals surface area contributed by atoms with Crippen LogP contribution >= 0.6 is 0 Å². The van der Waals surface area contributed by atoms with E-state index in [0.29, 0.717) is 11.7 Å². The molecule has 144 valence electrons. The zero-order valence-electron chi connectivity index (χ0n) is 15.8. The molecule has 0 aliphatic carbocycles. The Hall–Kier alpha value is -1.96. The normalized spacial score (nSPS) is 22.5. The van der Waals surface area contributed by atoms with Crippen LogP contribution in [0.4, 0.5) is 5.82 Å². The van der Waals surface area contributed by atoms with E-state index in [1.807, 2.05) is 4.90 Å². The second-order valence-electron chi connectivity index (χ2n) is 7.86. The zero-order chi connectivity index (χ0) is 18.7. The fraction of sp³-hybridized carbons (Fsp3) is 0.778. The summed E-state index contributed by atoms with van der Waals surface area (Å²) in [5, 5.41) is 10.8. The van der Waals surface area contributed by atoms with Gasteiger partial charge >= 0.3 is 5.82 Å². The van der Waals surface area contributed by atoms with E-state index in [2.05, 4.69) is 16.8 Å². The average Bonchev–Trinajstić information content (AvgIpc) is 2.98. The van der Waals surface area contributed by atoms with Crippen LogP contribution in [0.2, 0.25) is 0 Å². The topological polar surface area (TPSA) is 84.5 Å². The van der Waals surface area contributed by atoms with Gasteiger partial charge in [0, 0.05) is 26.6 Å². The first kappa shape index (κ1) is 18.8. The quantitative estimate of drug-likeness (QED) is 0.591. The lowest BCUT2D eigenvalue weighted by molar-refractivity contribution is -0.389. The molecule has 3 rings (SSSR count). The maximum atomic E-state index is 12.7. The molecule has 1 aromatic rings. The molecular formula is C18H29N5O3. The number of imidazole rings is 1. The number of aryl methyl sites for hydroxylation is 1. The molecule has 26 heavy (non-hydrogen) atoms. The lowest BCUT2D eigenvalue weighted by atomic mass is 9.94. The first-order valence-electron chi connectivity index (χ1n) is 9.60. The summed E-state index contributed by atoms with van der Waals surface area (Å²) >= 11 is 0. The lowest BCUT2D eigenvalue weighted by Crippen LogP contribution is -2.46. The van der Waals surface area contributed by atoms with E-state index in [1.54, 1.807) is 11.5 Å². The van der Waals surface area contributed by atoms with Crippen molar-refractivity contribution >= 4 is 11.7 Å². The molecule has 0 spiro atoms. The molecule has 3 heterocycles. The van der Waals surface area contributed by atoms with Crippen molar-refractivity contribution < 1.29 is 9.72 Å². The van der Waals surface area contributed by atoms with Gasteiger partial charge in [0.15, 0.2) is 0 Å². The van der Waals surface area contributed by atoms with Crippen LogP contribution in [0.15, 0.2) is 6.20 Å². The highest BCUT2D eigenvalue weighted by molar-refractivity contribution is 5.76. The molecule has 2 fully saturated rings. The first-order valence-corrected chi connectivity index (χ1v) is 9.60. The smallest absolute Gasteiger partial charge is 0.358 e. The fourth-order valence-electron chi connectivity index (χ4n) is 4.04. The Morgan fingerprint density at radius 1 is 1.31 bits per heavy atom. The molecule has 0 N–H and O–H groups in total. The Kier molecular flexibility index (Phi) is 5.90. The van der Waals surface area contributed by atoms with Crippen molar-refractivity contribution in [2.24, 2.45) is 11.8 Å². The van der Waals surface area contributed by atoms with Gasteiger partial charge in [-0.3, -0.25) is 9.36 Å². The minimum absolute atomic E-state index is 0.0253. The van der Waals surface area contributed by atoms with Crippen LogP contribution in [0.3, 0.4) is 0 Å². The molecule has 1 amide bonds. The summed E-state index contributed by atoms with van der Waals surface area (Å²) in [6.07, 6.45) is 6.10. The third kappa shape index (κ3) is 4.60. The maximum Gasteiger partial charge on any atom is 0.381 e. The third-order valence-electron chi connectivity index (χ3n) is 5.72. The first-order chi connectivity index (χ1) is 12.4. The molecule has 0 unspecified atom stereocenters. The number of nitrogens with zero attached hydrogens (tertiary/aromatic N) is 5. The summed E-state index contributed by atoms with van der Waals surface area (Å²) in [6, 6.07) is 0. The van der Waals surface area contributed by atoms with Crippen LogP contribution in [0.1, 0.15) is 38.4 Å². The second kappa shape index (κ2) is 8.16. The SMILES string of the molecule is Cc1nc([N+](=O)[O-])cn1CC(=O)N1CCC[C@@H](CN2CCC(C)CC2)C1. The number of carbonyl (C=O) groups is 1. The molecular weight excluding hydrogens is 334 g/mol. The molecule has 2 saturated heterocycles. The molecule has 0 aromatic carbocycles. The number of piperidine rings is 2. The molecule has 2 aliphatic rings. The van der Waals surface area contributed by atoms with E-state index >= 15 is 0 Å². The number of hydrogen-bond donors (Lipinski definition) is 0. The summed E-state index contributed by atoms with van der Waals surface area (Å²) in [4.78, 5) is 31.3. The minimum Gasteiger partial charge on any atom is -0.358 e. The summed E-state index contributed by atoms with van der Waals surface area (Å²) in [6.45, 7) is 9.13. The van der Waals surface area contributed by atoms with E-state index in [9.17, 15) is 14.9 Å². The largest absolute Gasteiger partial charge is 0.381 e. The molecule has 0 radical (unpaired) electrons. The Morgan fingerprint density at radius 3 is 2.69 bits per heavy atom. The van der Waals surface area contributed by atoms with E-state index in [-0.39, 0.29) is 18.3 Å². The van der Waals surface area contributed by atoms with Crippen LogP contribution in [0.5, 0.6) is 0 Å². The van der Waals surface area contributed by atoms with Crippen LogP contribution in [-0.4, -0.2) is 62.9 Å².